The lowest BCUT2D eigenvalue weighted by molar-refractivity contribution is 0.101. The summed E-state index contributed by atoms with van der Waals surface area (Å²) in [6.45, 7) is 3.63. The Kier molecular flexibility index (Phi) is 6.34. The Balaban J connectivity index is 1.66. The van der Waals surface area contributed by atoms with Crippen LogP contribution >= 0.6 is 0 Å². The SMILES string of the molecule is CCCS(=O)(=O)Nc1ccc(F)c(C(=O)Nc2cnc3[nH]cc(-c4cccc(C)c4)c3c2)c1F. The van der Waals surface area contributed by atoms with Crippen molar-refractivity contribution in [1.82, 2.24) is 9.97 Å². The normalized spacial score (nSPS) is 11.5. The molecule has 34 heavy (non-hydrogen) atoms. The van der Waals surface area contributed by atoms with Crippen LogP contribution < -0.4 is 10.0 Å². The number of halogens is 2. The number of amides is 1. The number of fused-ring (bicyclic) bond motifs is 1. The number of anilines is 2. The molecule has 1 amide bonds. The van der Waals surface area contributed by atoms with Crippen LogP contribution in [0.1, 0.15) is 29.3 Å². The number of nitrogens with zero attached hydrogens (tertiary/aromatic N) is 1. The predicted octanol–water partition coefficient (Wildman–Crippen LogP) is 5.22. The van der Waals surface area contributed by atoms with Gasteiger partial charge in [-0.3, -0.25) is 9.52 Å². The molecule has 0 unspecified atom stereocenters. The first-order valence-electron chi connectivity index (χ1n) is 10.5. The van der Waals surface area contributed by atoms with Crippen LogP contribution in [-0.4, -0.2) is 30.0 Å². The lowest BCUT2D eigenvalue weighted by atomic mass is 10.0. The molecule has 0 bridgehead atoms. The minimum Gasteiger partial charge on any atom is -0.346 e. The first kappa shape index (κ1) is 23.4. The van der Waals surface area contributed by atoms with E-state index < -0.39 is 38.8 Å². The molecule has 0 aliphatic carbocycles. The number of benzene rings is 2. The number of pyridine rings is 1. The summed E-state index contributed by atoms with van der Waals surface area (Å²) < 4.78 is 55.4. The van der Waals surface area contributed by atoms with Crippen molar-refractivity contribution in [3.8, 4) is 11.1 Å². The summed E-state index contributed by atoms with van der Waals surface area (Å²) >= 11 is 0. The second-order valence-corrected chi connectivity index (χ2v) is 9.69. The fourth-order valence-electron chi connectivity index (χ4n) is 3.64. The van der Waals surface area contributed by atoms with Crippen molar-refractivity contribution >= 4 is 38.3 Å². The Morgan fingerprint density at radius 3 is 2.68 bits per heavy atom. The minimum absolute atomic E-state index is 0.224. The zero-order chi connectivity index (χ0) is 24.5. The average molecular weight is 485 g/mol. The molecular formula is C24H22F2N4O3S. The van der Waals surface area contributed by atoms with Crippen LogP contribution in [0.25, 0.3) is 22.2 Å². The number of rotatable bonds is 7. The first-order chi connectivity index (χ1) is 16.2. The Hall–Kier alpha value is -3.79. The number of carbonyl (C=O) groups excluding carboxylic acids is 1. The third-order valence-electron chi connectivity index (χ3n) is 5.17. The van der Waals surface area contributed by atoms with Crippen molar-refractivity contribution in [2.45, 2.75) is 20.3 Å². The molecule has 4 aromatic rings. The average Bonchev–Trinajstić information content (AvgIpc) is 3.19. The fraction of sp³-hybridized carbons (Fsp3) is 0.167. The van der Waals surface area contributed by atoms with Gasteiger partial charge in [0.05, 0.1) is 23.3 Å². The molecule has 10 heteroatoms. The van der Waals surface area contributed by atoms with E-state index >= 15 is 0 Å². The van der Waals surface area contributed by atoms with Crippen LogP contribution in [0.4, 0.5) is 20.2 Å². The summed E-state index contributed by atoms with van der Waals surface area (Å²) in [6.07, 6.45) is 3.47. The molecule has 0 atom stereocenters. The third kappa shape index (κ3) is 4.76. The molecule has 0 saturated carbocycles. The van der Waals surface area contributed by atoms with Gasteiger partial charge in [-0.1, -0.05) is 36.8 Å². The zero-order valence-electron chi connectivity index (χ0n) is 18.4. The van der Waals surface area contributed by atoms with Crippen molar-refractivity contribution in [2.75, 3.05) is 15.8 Å². The van der Waals surface area contributed by atoms with Gasteiger partial charge in [0.25, 0.3) is 5.91 Å². The van der Waals surface area contributed by atoms with Crippen LogP contribution in [0, 0.1) is 18.6 Å². The van der Waals surface area contributed by atoms with Crippen molar-refractivity contribution in [3.05, 3.63) is 77.6 Å². The van der Waals surface area contributed by atoms with Gasteiger partial charge in [-0.25, -0.2) is 22.2 Å². The van der Waals surface area contributed by atoms with Crippen molar-refractivity contribution in [3.63, 3.8) is 0 Å². The molecule has 0 fully saturated rings. The maximum Gasteiger partial charge on any atom is 0.261 e. The van der Waals surface area contributed by atoms with Crippen molar-refractivity contribution in [1.29, 1.82) is 0 Å². The summed E-state index contributed by atoms with van der Waals surface area (Å²) in [5.74, 6) is -3.73. The first-order valence-corrected chi connectivity index (χ1v) is 12.2. The van der Waals surface area contributed by atoms with E-state index in [1.54, 1.807) is 19.2 Å². The molecule has 7 nitrogen and oxygen atoms in total. The van der Waals surface area contributed by atoms with Gasteiger partial charge in [-0.05, 0) is 37.1 Å². The van der Waals surface area contributed by atoms with E-state index in [1.165, 1.54) is 6.20 Å². The number of hydrogen-bond acceptors (Lipinski definition) is 4. The quantitative estimate of drug-likeness (QED) is 0.335. The molecule has 0 saturated heterocycles. The zero-order valence-corrected chi connectivity index (χ0v) is 19.3. The number of aromatic amines is 1. The molecule has 0 spiro atoms. The number of sulfonamides is 1. The van der Waals surface area contributed by atoms with E-state index in [1.807, 2.05) is 31.2 Å². The van der Waals surface area contributed by atoms with E-state index in [-0.39, 0.29) is 11.4 Å². The highest BCUT2D eigenvalue weighted by molar-refractivity contribution is 7.92. The van der Waals surface area contributed by atoms with Crippen LogP contribution in [0.15, 0.2) is 54.9 Å². The maximum atomic E-state index is 14.9. The van der Waals surface area contributed by atoms with E-state index in [0.29, 0.717) is 17.5 Å². The highest BCUT2D eigenvalue weighted by Gasteiger charge is 2.23. The van der Waals surface area contributed by atoms with Gasteiger partial charge in [-0.15, -0.1) is 0 Å². The highest BCUT2D eigenvalue weighted by Crippen LogP contribution is 2.30. The Morgan fingerprint density at radius 1 is 1.15 bits per heavy atom. The smallest absolute Gasteiger partial charge is 0.261 e. The third-order valence-corrected chi connectivity index (χ3v) is 6.65. The molecule has 176 valence electrons. The van der Waals surface area contributed by atoms with E-state index in [2.05, 4.69) is 20.0 Å². The monoisotopic (exact) mass is 484 g/mol. The fourth-order valence-corrected chi connectivity index (χ4v) is 4.78. The molecular weight excluding hydrogens is 462 g/mol. The van der Waals surface area contributed by atoms with Crippen LogP contribution in [0.5, 0.6) is 0 Å². The Morgan fingerprint density at radius 2 is 1.94 bits per heavy atom. The van der Waals surface area contributed by atoms with E-state index in [9.17, 15) is 22.0 Å². The molecule has 2 heterocycles. The minimum atomic E-state index is -3.83. The molecule has 0 aliphatic rings. The number of carbonyl (C=O) groups is 1. The molecule has 3 N–H and O–H groups in total. The van der Waals surface area contributed by atoms with Crippen LogP contribution in [0.3, 0.4) is 0 Å². The second kappa shape index (κ2) is 9.22. The molecule has 0 aliphatic heterocycles. The molecule has 4 rings (SSSR count). The number of H-pyrrole nitrogens is 1. The Labute approximate surface area is 195 Å². The standard InChI is InChI=1S/C24H22F2N4O3S/c1-3-9-34(32,33)30-20-8-7-19(25)21(22(20)26)24(31)29-16-11-17-18(13-28-23(17)27-12-16)15-6-4-5-14(2)10-15/h4-8,10-13,30H,3,9H2,1-2H3,(H,27,28)(H,29,31). The largest absolute Gasteiger partial charge is 0.346 e. The lowest BCUT2D eigenvalue weighted by Gasteiger charge is -2.12. The van der Waals surface area contributed by atoms with Gasteiger partial charge in [0.15, 0.2) is 5.82 Å². The van der Waals surface area contributed by atoms with Gasteiger partial charge in [0.1, 0.15) is 17.0 Å². The number of aryl methyl sites for hydroxylation is 1. The summed E-state index contributed by atoms with van der Waals surface area (Å²) in [6, 6.07) is 11.3. The van der Waals surface area contributed by atoms with Gasteiger partial charge < -0.3 is 10.3 Å². The van der Waals surface area contributed by atoms with Gasteiger partial charge >= 0.3 is 0 Å². The highest BCUT2D eigenvalue weighted by atomic mass is 32.2. The van der Waals surface area contributed by atoms with Gasteiger partial charge in [0, 0.05) is 17.1 Å². The number of hydrogen-bond donors (Lipinski definition) is 3. The van der Waals surface area contributed by atoms with Gasteiger partial charge in [-0.2, -0.15) is 0 Å². The van der Waals surface area contributed by atoms with Gasteiger partial charge in [0.2, 0.25) is 10.0 Å². The Bertz CT molecular complexity index is 1500. The molecule has 2 aromatic carbocycles. The van der Waals surface area contributed by atoms with E-state index in [0.717, 1.165) is 28.8 Å². The second-order valence-electron chi connectivity index (χ2n) is 7.85. The lowest BCUT2D eigenvalue weighted by Crippen LogP contribution is -2.20. The summed E-state index contributed by atoms with van der Waals surface area (Å²) in [5.41, 5.74) is 2.28. The maximum absolute atomic E-state index is 14.9. The predicted molar refractivity (Wildman–Crippen MR) is 128 cm³/mol. The van der Waals surface area contributed by atoms with Crippen molar-refractivity contribution < 1.29 is 22.0 Å². The van der Waals surface area contributed by atoms with Crippen LogP contribution in [0.2, 0.25) is 0 Å². The van der Waals surface area contributed by atoms with E-state index in [4.69, 9.17) is 0 Å². The number of aromatic nitrogens is 2. The summed E-state index contributed by atoms with van der Waals surface area (Å²) in [4.78, 5) is 20.1. The molecule has 0 radical (unpaired) electrons. The summed E-state index contributed by atoms with van der Waals surface area (Å²) in [5, 5.41) is 3.17. The number of nitrogens with one attached hydrogen (secondary N) is 3. The topological polar surface area (TPSA) is 104 Å². The van der Waals surface area contributed by atoms with Crippen molar-refractivity contribution in [2.24, 2.45) is 0 Å². The molecule has 2 aromatic heterocycles. The van der Waals surface area contributed by atoms with Crippen LogP contribution in [-0.2, 0) is 10.0 Å². The summed E-state index contributed by atoms with van der Waals surface area (Å²) in [7, 11) is -3.83.